The van der Waals surface area contributed by atoms with Gasteiger partial charge in [0, 0.05) is 11.0 Å². The molecule has 23 heavy (non-hydrogen) atoms. The van der Waals surface area contributed by atoms with Crippen LogP contribution in [0.5, 0.6) is 0 Å². The number of esters is 1. The molecule has 0 unspecified atom stereocenters. The number of nitrogens with one attached hydrogen (secondary N) is 1. The van der Waals surface area contributed by atoms with Gasteiger partial charge in [-0.2, -0.15) is 5.10 Å². The molecule has 122 valence electrons. The molecule has 0 aliphatic carbocycles. The minimum Gasteiger partial charge on any atom is -0.464 e. The van der Waals surface area contributed by atoms with E-state index in [0.717, 1.165) is 4.47 Å². The van der Waals surface area contributed by atoms with Crippen molar-refractivity contribution in [2.45, 2.75) is 20.4 Å². The summed E-state index contributed by atoms with van der Waals surface area (Å²) in [6.45, 7) is 4.02. The maximum Gasteiger partial charge on any atom is 0.358 e. The number of benzene rings is 1. The molecule has 0 bridgehead atoms. The summed E-state index contributed by atoms with van der Waals surface area (Å²) in [6.07, 6.45) is 0. The van der Waals surface area contributed by atoms with E-state index < -0.39 is 11.9 Å². The molecule has 1 N–H and O–H groups in total. The molecule has 0 saturated carbocycles. The number of anilines is 1. The van der Waals surface area contributed by atoms with E-state index in [1.54, 1.807) is 25.1 Å². The number of carbonyl (C=O) groups is 2. The normalized spacial score (nSPS) is 10.5. The molecule has 0 aliphatic heterocycles. The SMILES string of the molecule is CCn1nc(C)c(NC(=O)c2ccc(Br)cc2Cl)c1C(=O)OC. The number of rotatable bonds is 4. The largest absolute Gasteiger partial charge is 0.464 e. The fraction of sp³-hybridized carbons (Fsp3) is 0.267. The highest BCUT2D eigenvalue weighted by atomic mass is 79.9. The van der Waals surface area contributed by atoms with Gasteiger partial charge in [-0.3, -0.25) is 9.48 Å². The lowest BCUT2D eigenvalue weighted by Crippen LogP contribution is -2.17. The number of aryl methyl sites for hydroxylation is 2. The molecule has 8 heteroatoms. The van der Waals surface area contributed by atoms with Gasteiger partial charge in [0.05, 0.1) is 29.1 Å². The first-order valence-electron chi connectivity index (χ1n) is 6.81. The number of ether oxygens (including phenoxy) is 1. The van der Waals surface area contributed by atoms with Crippen LogP contribution < -0.4 is 5.32 Å². The van der Waals surface area contributed by atoms with Crippen molar-refractivity contribution in [1.29, 1.82) is 0 Å². The van der Waals surface area contributed by atoms with Gasteiger partial charge in [-0.25, -0.2) is 4.79 Å². The van der Waals surface area contributed by atoms with Crippen LogP contribution in [0.25, 0.3) is 0 Å². The summed E-state index contributed by atoms with van der Waals surface area (Å²) < 4.78 is 7.03. The second-order valence-corrected chi connectivity index (χ2v) is 6.02. The van der Waals surface area contributed by atoms with E-state index in [9.17, 15) is 9.59 Å². The van der Waals surface area contributed by atoms with Crippen LogP contribution in [0.2, 0.25) is 5.02 Å². The number of aromatic nitrogens is 2. The molecule has 1 amide bonds. The Morgan fingerprint density at radius 3 is 2.70 bits per heavy atom. The highest BCUT2D eigenvalue weighted by molar-refractivity contribution is 9.10. The van der Waals surface area contributed by atoms with Gasteiger partial charge in [0.1, 0.15) is 0 Å². The highest BCUT2D eigenvalue weighted by Crippen LogP contribution is 2.25. The average molecular weight is 401 g/mol. The van der Waals surface area contributed by atoms with E-state index in [-0.39, 0.29) is 5.69 Å². The zero-order valence-electron chi connectivity index (χ0n) is 12.8. The zero-order chi connectivity index (χ0) is 17.1. The monoisotopic (exact) mass is 399 g/mol. The number of hydrogen-bond donors (Lipinski definition) is 1. The summed E-state index contributed by atoms with van der Waals surface area (Å²) in [5.74, 6) is -0.990. The number of nitrogens with zero attached hydrogens (tertiary/aromatic N) is 2. The average Bonchev–Trinajstić information content (AvgIpc) is 2.82. The molecule has 6 nitrogen and oxygen atoms in total. The topological polar surface area (TPSA) is 73.2 Å². The number of methoxy groups -OCH3 is 1. The maximum absolute atomic E-state index is 12.5. The summed E-state index contributed by atoms with van der Waals surface area (Å²) in [7, 11) is 1.28. The van der Waals surface area contributed by atoms with Gasteiger partial charge in [0.15, 0.2) is 5.69 Å². The van der Waals surface area contributed by atoms with E-state index in [4.69, 9.17) is 16.3 Å². The lowest BCUT2D eigenvalue weighted by atomic mass is 10.2. The molecule has 1 aromatic carbocycles. The van der Waals surface area contributed by atoms with Crippen LogP contribution in [-0.2, 0) is 11.3 Å². The van der Waals surface area contributed by atoms with Crippen LogP contribution in [-0.4, -0.2) is 28.8 Å². The van der Waals surface area contributed by atoms with Crippen molar-refractivity contribution in [1.82, 2.24) is 9.78 Å². The Balaban J connectivity index is 2.41. The molecule has 1 heterocycles. The Labute approximate surface area is 146 Å². The molecule has 2 rings (SSSR count). The molecule has 0 atom stereocenters. The second kappa shape index (κ2) is 7.14. The van der Waals surface area contributed by atoms with Gasteiger partial charge in [0.2, 0.25) is 0 Å². The zero-order valence-corrected chi connectivity index (χ0v) is 15.2. The van der Waals surface area contributed by atoms with Crippen LogP contribution in [0.3, 0.4) is 0 Å². The summed E-state index contributed by atoms with van der Waals surface area (Å²) in [5.41, 5.74) is 1.35. The fourth-order valence-electron chi connectivity index (χ4n) is 2.12. The predicted octanol–water partition coefficient (Wildman–Crippen LogP) is 3.67. The fourth-order valence-corrected chi connectivity index (χ4v) is 2.88. The molecule has 2 aromatic rings. The lowest BCUT2D eigenvalue weighted by molar-refractivity contribution is 0.0588. The third-order valence-electron chi connectivity index (χ3n) is 3.22. The smallest absolute Gasteiger partial charge is 0.358 e. The first kappa shape index (κ1) is 17.5. The Kier molecular flexibility index (Phi) is 5.43. The van der Waals surface area contributed by atoms with Gasteiger partial charge in [-0.05, 0) is 32.0 Å². The summed E-state index contributed by atoms with van der Waals surface area (Å²) in [4.78, 5) is 24.4. The molecule has 0 aliphatic rings. The van der Waals surface area contributed by atoms with Crippen molar-refractivity contribution in [3.05, 3.63) is 44.6 Å². The molecule has 0 fully saturated rings. The maximum atomic E-state index is 12.5. The molecular weight excluding hydrogens is 386 g/mol. The molecule has 0 spiro atoms. The Morgan fingerprint density at radius 1 is 1.43 bits per heavy atom. The van der Waals surface area contributed by atoms with Gasteiger partial charge >= 0.3 is 5.97 Å². The van der Waals surface area contributed by atoms with E-state index >= 15 is 0 Å². The minimum absolute atomic E-state index is 0.203. The van der Waals surface area contributed by atoms with Crippen molar-refractivity contribution >= 4 is 45.1 Å². The lowest BCUT2D eigenvalue weighted by Gasteiger charge is -2.09. The second-order valence-electron chi connectivity index (χ2n) is 4.69. The first-order chi connectivity index (χ1) is 10.9. The Bertz CT molecular complexity index is 774. The summed E-state index contributed by atoms with van der Waals surface area (Å²) in [5, 5.41) is 7.25. The van der Waals surface area contributed by atoms with Crippen molar-refractivity contribution in [3.63, 3.8) is 0 Å². The Hall–Kier alpha value is -1.86. The number of halogens is 2. The number of carbonyl (C=O) groups excluding carboxylic acids is 2. The summed E-state index contributed by atoms with van der Waals surface area (Å²) in [6, 6.07) is 4.93. The van der Waals surface area contributed by atoms with E-state index in [2.05, 4.69) is 26.3 Å². The molecule has 0 saturated heterocycles. The first-order valence-corrected chi connectivity index (χ1v) is 7.98. The van der Waals surface area contributed by atoms with E-state index in [1.165, 1.54) is 11.8 Å². The number of hydrogen-bond acceptors (Lipinski definition) is 4. The van der Waals surface area contributed by atoms with Gasteiger partial charge in [0.25, 0.3) is 5.91 Å². The van der Waals surface area contributed by atoms with Crippen LogP contribution in [0.1, 0.15) is 33.5 Å². The third-order valence-corrected chi connectivity index (χ3v) is 4.03. The number of amides is 1. The van der Waals surface area contributed by atoms with E-state index in [0.29, 0.717) is 28.5 Å². The van der Waals surface area contributed by atoms with Crippen LogP contribution in [0, 0.1) is 6.92 Å². The molecule has 0 radical (unpaired) electrons. The van der Waals surface area contributed by atoms with Crippen molar-refractivity contribution in [2.75, 3.05) is 12.4 Å². The van der Waals surface area contributed by atoms with Gasteiger partial charge < -0.3 is 10.1 Å². The standard InChI is InChI=1S/C15H15BrClN3O3/c1-4-20-13(15(22)23-3)12(8(2)19-20)18-14(21)10-6-5-9(16)7-11(10)17/h5-7H,4H2,1-3H3,(H,18,21). The van der Waals surface area contributed by atoms with Crippen LogP contribution >= 0.6 is 27.5 Å². The van der Waals surface area contributed by atoms with Crippen molar-refractivity contribution in [2.24, 2.45) is 0 Å². The molecular formula is C15H15BrClN3O3. The van der Waals surface area contributed by atoms with Crippen LogP contribution in [0.4, 0.5) is 5.69 Å². The minimum atomic E-state index is -0.565. The quantitative estimate of drug-likeness (QED) is 0.795. The Morgan fingerprint density at radius 2 is 2.13 bits per heavy atom. The molecule has 1 aromatic heterocycles. The van der Waals surface area contributed by atoms with Gasteiger partial charge in [-0.1, -0.05) is 27.5 Å². The predicted molar refractivity (Wildman–Crippen MR) is 91.1 cm³/mol. The van der Waals surface area contributed by atoms with Crippen molar-refractivity contribution in [3.8, 4) is 0 Å². The van der Waals surface area contributed by atoms with Crippen LogP contribution in [0.15, 0.2) is 22.7 Å². The highest BCUT2D eigenvalue weighted by Gasteiger charge is 2.24. The van der Waals surface area contributed by atoms with E-state index in [1.807, 2.05) is 6.92 Å². The summed E-state index contributed by atoms with van der Waals surface area (Å²) >= 11 is 9.38. The van der Waals surface area contributed by atoms with Crippen molar-refractivity contribution < 1.29 is 14.3 Å². The van der Waals surface area contributed by atoms with Gasteiger partial charge in [-0.15, -0.1) is 0 Å². The third kappa shape index (κ3) is 3.56.